The van der Waals surface area contributed by atoms with Crippen LogP contribution in [0.15, 0.2) is 4.60 Å². The summed E-state index contributed by atoms with van der Waals surface area (Å²) in [5.41, 5.74) is 0.334. The van der Waals surface area contributed by atoms with E-state index in [4.69, 9.17) is 0 Å². The minimum atomic E-state index is -0.446. The van der Waals surface area contributed by atoms with Gasteiger partial charge in [0.25, 0.3) is 0 Å². The van der Waals surface area contributed by atoms with Crippen molar-refractivity contribution >= 4 is 15.9 Å². The van der Waals surface area contributed by atoms with Crippen molar-refractivity contribution in [2.45, 2.75) is 6.92 Å². The van der Waals surface area contributed by atoms with E-state index in [1.165, 1.54) is 0 Å². The van der Waals surface area contributed by atoms with E-state index >= 15 is 0 Å². The Morgan fingerprint density at radius 3 is 2.67 bits per heavy atom. The van der Waals surface area contributed by atoms with E-state index < -0.39 is 5.82 Å². The molecule has 0 N–H and O–H groups in total. The van der Waals surface area contributed by atoms with Gasteiger partial charge in [-0.15, -0.1) is 0 Å². The molecule has 0 aliphatic rings. The summed E-state index contributed by atoms with van der Waals surface area (Å²) in [6.45, 7) is 1.57. The first-order valence-corrected chi connectivity index (χ1v) is 3.12. The van der Waals surface area contributed by atoms with E-state index in [1.807, 2.05) is 0 Å². The maximum atomic E-state index is 12.3. The Hall–Kier alpha value is -0.620. The summed E-state index contributed by atoms with van der Waals surface area (Å²) >= 11 is 3.03. The van der Waals surface area contributed by atoms with Gasteiger partial charge < -0.3 is 0 Å². The van der Waals surface area contributed by atoms with Crippen molar-refractivity contribution in [1.82, 2.24) is 4.98 Å². The van der Waals surface area contributed by atoms with Crippen molar-refractivity contribution in [3.8, 4) is 0 Å². The topological polar surface area (TPSA) is 12.9 Å². The average Bonchev–Trinajstić information content (AvgIpc) is 1.80. The zero-order valence-electron chi connectivity index (χ0n) is 4.70. The number of aryl methyl sites for hydroxylation is 1. The van der Waals surface area contributed by atoms with Crippen LogP contribution in [0, 0.1) is 24.9 Å². The van der Waals surface area contributed by atoms with Crippen LogP contribution in [0.5, 0.6) is 0 Å². The lowest BCUT2D eigenvalue weighted by atomic mass is 10.4. The smallest absolute Gasteiger partial charge is 0.194 e. The van der Waals surface area contributed by atoms with Gasteiger partial charge in [0.05, 0.1) is 5.69 Å². The molecule has 0 unspecified atom stereocenters. The van der Waals surface area contributed by atoms with Crippen molar-refractivity contribution in [1.29, 1.82) is 0 Å². The summed E-state index contributed by atoms with van der Waals surface area (Å²) in [6.07, 6.45) is 0. The highest BCUT2D eigenvalue weighted by molar-refractivity contribution is 9.10. The summed E-state index contributed by atoms with van der Waals surface area (Å²) < 4.78 is 12.8. The molecule has 1 rings (SSSR count). The monoisotopic (exact) mass is 187 g/mol. The van der Waals surface area contributed by atoms with Crippen LogP contribution in [-0.2, 0) is 0 Å². The molecule has 0 aliphatic carbocycles. The fraction of sp³-hybridized carbons (Fsp3) is 0.167. The lowest BCUT2D eigenvalue weighted by Gasteiger charge is -1.87. The standard InChI is InChI=1S/C6H3BrFN/c1-4-5(8)2-3-6(7)9-4/h1H3. The summed E-state index contributed by atoms with van der Waals surface area (Å²) in [5.74, 6) is -0.446. The number of hydrogen-bond acceptors (Lipinski definition) is 1. The van der Waals surface area contributed by atoms with Gasteiger partial charge in [-0.1, -0.05) is 0 Å². The Morgan fingerprint density at radius 2 is 2.22 bits per heavy atom. The Balaban J connectivity index is 3.17. The second-order valence-electron chi connectivity index (χ2n) is 1.55. The zero-order valence-corrected chi connectivity index (χ0v) is 6.29. The van der Waals surface area contributed by atoms with E-state index in [0.29, 0.717) is 10.3 Å². The minimum Gasteiger partial charge on any atom is -0.233 e. The van der Waals surface area contributed by atoms with Crippen molar-refractivity contribution in [2.75, 3.05) is 0 Å². The van der Waals surface area contributed by atoms with Crippen molar-refractivity contribution in [3.05, 3.63) is 28.2 Å². The zero-order chi connectivity index (χ0) is 6.85. The quantitative estimate of drug-likeness (QED) is 0.605. The third-order valence-electron chi connectivity index (χ3n) is 0.859. The molecule has 0 saturated heterocycles. The first kappa shape index (κ1) is 6.50. The second-order valence-corrected chi connectivity index (χ2v) is 2.30. The highest BCUT2D eigenvalue weighted by Crippen LogP contribution is 2.03. The Morgan fingerprint density at radius 1 is 1.56 bits per heavy atom. The van der Waals surface area contributed by atoms with Gasteiger partial charge in [-0.2, -0.15) is 4.39 Å². The predicted octanol–water partition coefficient (Wildman–Crippen LogP) is 1.89. The fourth-order valence-corrected chi connectivity index (χ4v) is 0.786. The van der Waals surface area contributed by atoms with Gasteiger partial charge in [-0.25, -0.2) is 4.98 Å². The molecule has 0 bridgehead atoms. The maximum absolute atomic E-state index is 12.3. The molecule has 0 aliphatic heterocycles. The number of rotatable bonds is 0. The highest BCUT2D eigenvalue weighted by Gasteiger charge is 1.94. The van der Waals surface area contributed by atoms with E-state index in [-0.39, 0.29) is 0 Å². The summed E-state index contributed by atoms with van der Waals surface area (Å²) in [4.78, 5) is 3.73. The third-order valence-corrected chi connectivity index (χ3v) is 1.23. The van der Waals surface area contributed by atoms with Gasteiger partial charge >= 0.3 is 0 Å². The molecule has 3 heteroatoms. The van der Waals surface area contributed by atoms with Crippen molar-refractivity contribution in [2.24, 2.45) is 0 Å². The molecule has 1 nitrogen and oxygen atoms in total. The van der Waals surface area contributed by atoms with Crippen LogP contribution >= 0.6 is 15.9 Å². The van der Waals surface area contributed by atoms with E-state index in [2.05, 4.69) is 33.0 Å². The minimum absolute atomic E-state index is 0.334. The molecule has 46 valence electrons. The van der Waals surface area contributed by atoms with Gasteiger partial charge in [0, 0.05) is 0 Å². The predicted molar refractivity (Wildman–Crippen MR) is 34.3 cm³/mol. The van der Waals surface area contributed by atoms with Crippen LogP contribution in [-0.4, -0.2) is 4.98 Å². The molecular formula is C6H3BrFN. The lowest BCUT2D eigenvalue weighted by Crippen LogP contribution is -1.83. The fourth-order valence-electron chi connectivity index (χ4n) is 0.421. The number of nitrogens with zero attached hydrogens (tertiary/aromatic N) is 1. The first-order chi connectivity index (χ1) is 4.20. The van der Waals surface area contributed by atoms with Crippen LogP contribution in [0.1, 0.15) is 5.69 Å². The number of halogens is 2. The molecule has 0 aromatic carbocycles. The van der Waals surface area contributed by atoms with Gasteiger partial charge in [-0.3, -0.25) is 0 Å². The number of aromatic nitrogens is 1. The third kappa shape index (κ3) is 1.39. The van der Waals surface area contributed by atoms with Gasteiger partial charge in [-0.05, 0) is 35.0 Å². The molecule has 0 radical (unpaired) electrons. The Labute approximate surface area is 61.0 Å². The van der Waals surface area contributed by atoms with Gasteiger partial charge in [0.15, 0.2) is 10.4 Å². The molecule has 0 saturated carbocycles. The first-order valence-electron chi connectivity index (χ1n) is 2.33. The normalized spacial score (nSPS) is 8.78. The van der Waals surface area contributed by atoms with Crippen LogP contribution in [0.25, 0.3) is 0 Å². The highest BCUT2D eigenvalue weighted by atomic mass is 79.9. The van der Waals surface area contributed by atoms with E-state index in [1.54, 1.807) is 6.92 Å². The van der Waals surface area contributed by atoms with E-state index in [0.717, 1.165) is 0 Å². The van der Waals surface area contributed by atoms with Crippen LogP contribution in [0.2, 0.25) is 0 Å². The molecule has 1 aromatic heterocycles. The van der Waals surface area contributed by atoms with E-state index in [9.17, 15) is 4.39 Å². The van der Waals surface area contributed by atoms with Gasteiger partial charge in [0.1, 0.15) is 0 Å². The van der Waals surface area contributed by atoms with Crippen LogP contribution in [0.4, 0.5) is 4.39 Å². The van der Waals surface area contributed by atoms with Crippen LogP contribution < -0.4 is 0 Å². The largest absolute Gasteiger partial charge is 0.233 e. The average molecular weight is 188 g/mol. The number of hydrogen-bond donors (Lipinski definition) is 0. The maximum Gasteiger partial charge on any atom is 0.194 e. The Bertz CT molecular complexity index is 224. The summed E-state index contributed by atoms with van der Waals surface area (Å²) in [6, 6.07) is 4.71. The molecule has 0 fully saturated rings. The Kier molecular flexibility index (Phi) is 1.68. The molecule has 9 heavy (non-hydrogen) atoms. The molecule has 1 heterocycles. The summed E-state index contributed by atoms with van der Waals surface area (Å²) in [7, 11) is 0. The van der Waals surface area contributed by atoms with Crippen molar-refractivity contribution < 1.29 is 4.39 Å². The molecule has 0 spiro atoms. The lowest BCUT2D eigenvalue weighted by molar-refractivity contribution is 0.610. The molecule has 1 aromatic rings. The molecular weight excluding hydrogens is 185 g/mol. The SMILES string of the molecule is Cc1nc(Br)c#cc1F. The summed E-state index contributed by atoms with van der Waals surface area (Å²) in [5, 5.41) is 0. The second kappa shape index (κ2) is 2.32. The molecule has 0 amide bonds. The van der Waals surface area contributed by atoms with Crippen LogP contribution in [0.3, 0.4) is 0 Å². The van der Waals surface area contributed by atoms with Crippen molar-refractivity contribution in [3.63, 3.8) is 0 Å². The molecule has 0 atom stereocenters. The van der Waals surface area contributed by atoms with Gasteiger partial charge in [0.2, 0.25) is 0 Å².